The van der Waals surface area contributed by atoms with Crippen molar-refractivity contribution in [3.8, 4) is 5.75 Å². The summed E-state index contributed by atoms with van der Waals surface area (Å²) in [7, 11) is 2.68. The molecule has 9 heteroatoms. The zero-order chi connectivity index (χ0) is 23.7. The second kappa shape index (κ2) is 8.84. The smallest absolute Gasteiger partial charge is 0.337 e. The van der Waals surface area contributed by atoms with E-state index in [4.69, 9.17) is 25.5 Å². The fraction of sp³-hybridized carbons (Fsp3) is 0.125. The van der Waals surface area contributed by atoms with Gasteiger partial charge in [0, 0.05) is 11.3 Å². The van der Waals surface area contributed by atoms with Crippen molar-refractivity contribution in [2.24, 2.45) is 0 Å². The Kier molecular flexibility index (Phi) is 5.93. The molecule has 4 rings (SSSR count). The van der Waals surface area contributed by atoms with Gasteiger partial charge in [0.25, 0.3) is 11.7 Å². The van der Waals surface area contributed by atoms with Crippen LogP contribution in [0, 0.1) is 0 Å². The molecule has 2 heterocycles. The van der Waals surface area contributed by atoms with Crippen LogP contribution < -0.4 is 9.64 Å². The molecule has 33 heavy (non-hydrogen) atoms. The van der Waals surface area contributed by atoms with Crippen LogP contribution in [0.2, 0.25) is 5.02 Å². The standard InChI is InChI=1S/C24H18ClNO7/c1-31-18-12-14(7-10-16(18)25)21(27)19-20(17-4-3-11-33-17)26(23(29)22(19)28)15-8-5-13(6-9-15)24(30)32-2/h3-12,20,27H,1-2H3/b21-19-. The van der Waals surface area contributed by atoms with Crippen molar-refractivity contribution < 1.29 is 33.4 Å². The first-order valence-electron chi connectivity index (χ1n) is 9.74. The summed E-state index contributed by atoms with van der Waals surface area (Å²) < 4.78 is 15.4. The van der Waals surface area contributed by atoms with E-state index >= 15 is 0 Å². The predicted molar refractivity (Wildman–Crippen MR) is 119 cm³/mol. The van der Waals surface area contributed by atoms with Crippen LogP contribution >= 0.6 is 11.6 Å². The molecule has 3 aromatic rings. The molecule has 0 radical (unpaired) electrons. The number of aliphatic hydroxyl groups excluding tert-OH is 1. The summed E-state index contributed by atoms with van der Waals surface area (Å²) in [5, 5.41) is 11.4. The second-order valence-electron chi connectivity index (χ2n) is 7.07. The number of hydrogen-bond donors (Lipinski definition) is 1. The molecular formula is C24H18ClNO7. The van der Waals surface area contributed by atoms with Crippen LogP contribution in [-0.4, -0.2) is 37.0 Å². The van der Waals surface area contributed by atoms with Crippen LogP contribution in [-0.2, 0) is 14.3 Å². The van der Waals surface area contributed by atoms with Gasteiger partial charge in [-0.3, -0.25) is 14.5 Å². The van der Waals surface area contributed by atoms with Crippen LogP contribution in [0.15, 0.2) is 70.9 Å². The molecule has 168 valence electrons. The topological polar surface area (TPSA) is 106 Å². The highest BCUT2D eigenvalue weighted by Crippen LogP contribution is 2.43. The van der Waals surface area contributed by atoms with Gasteiger partial charge in [-0.15, -0.1) is 0 Å². The molecule has 1 aromatic heterocycles. The first kappa shape index (κ1) is 22.2. The number of aliphatic hydroxyl groups is 1. The molecule has 0 bridgehead atoms. The largest absolute Gasteiger partial charge is 0.507 e. The second-order valence-corrected chi connectivity index (χ2v) is 7.48. The summed E-state index contributed by atoms with van der Waals surface area (Å²) >= 11 is 6.07. The van der Waals surface area contributed by atoms with Crippen molar-refractivity contribution in [2.45, 2.75) is 6.04 Å². The first-order valence-corrected chi connectivity index (χ1v) is 10.1. The van der Waals surface area contributed by atoms with Gasteiger partial charge in [-0.1, -0.05) is 11.6 Å². The number of Topliss-reactive ketones (excluding diaryl/α,β-unsaturated/α-hetero) is 1. The maximum absolute atomic E-state index is 13.1. The first-order chi connectivity index (χ1) is 15.9. The van der Waals surface area contributed by atoms with E-state index in [1.54, 1.807) is 12.1 Å². The van der Waals surface area contributed by atoms with Crippen LogP contribution in [0.25, 0.3) is 5.76 Å². The monoisotopic (exact) mass is 467 g/mol. The number of carbonyl (C=O) groups is 3. The van der Waals surface area contributed by atoms with Gasteiger partial charge in [-0.2, -0.15) is 0 Å². The molecule has 1 amide bonds. The highest BCUT2D eigenvalue weighted by Gasteiger charge is 2.48. The van der Waals surface area contributed by atoms with Crippen molar-refractivity contribution in [3.05, 3.63) is 88.3 Å². The average Bonchev–Trinajstić information content (AvgIpc) is 3.45. The Hall–Kier alpha value is -4.04. The summed E-state index contributed by atoms with van der Waals surface area (Å²) in [6.45, 7) is 0. The Morgan fingerprint density at radius 1 is 1.06 bits per heavy atom. The Morgan fingerprint density at radius 3 is 2.36 bits per heavy atom. The van der Waals surface area contributed by atoms with Crippen molar-refractivity contribution in [3.63, 3.8) is 0 Å². The molecule has 8 nitrogen and oxygen atoms in total. The van der Waals surface area contributed by atoms with Crippen molar-refractivity contribution in [1.82, 2.24) is 0 Å². The molecule has 0 saturated carbocycles. The van der Waals surface area contributed by atoms with Crippen LogP contribution in [0.5, 0.6) is 5.75 Å². The maximum Gasteiger partial charge on any atom is 0.337 e. The van der Waals surface area contributed by atoms with Gasteiger partial charge < -0.3 is 19.0 Å². The van der Waals surface area contributed by atoms with Crippen molar-refractivity contribution in [1.29, 1.82) is 0 Å². The lowest BCUT2D eigenvalue weighted by Crippen LogP contribution is -2.29. The Balaban J connectivity index is 1.86. The number of hydrogen-bond acceptors (Lipinski definition) is 7. The zero-order valence-electron chi connectivity index (χ0n) is 17.6. The lowest BCUT2D eigenvalue weighted by atomic mass is 9.99. The summed E-state index contributed by atoms with van der Waals surface area (Å²) in [5.41, 5.74) is 0.697. The third-order valence-electron chi connectivity index (χ3n) is 5.25. The average molecular weight is 468 g/mol. The summed E-state index contributed by atoms with van der Waals surface area (Å²) in [6, 6.07) is 12.6. The highest BCUT2D eigenvalue weighted by molar-refractivity contribution is 6.51. The minimum atomic E-state index is -1.04. The van der Waals surface area contributed by atoms with Crippen LogP contribution in [0.3, 0.4) is 0 Å². The van der Waals surface area contributed by atoms with Gasteiger partial charge in [0.15, 0.2) is 0 Å². The zero-order valence-corrected chi connectivity index (χ0v) is 18.3. The van der Waals surface area contributed by atoms with E-state index in [9.17, 15) is 19.5 Å². The lowest BCUT2D eigenvalue weighted by molar-refractivity contribution is -0.132. The molecule has 1 saturated heterocycles. The number of carbonyl (C=O) groups excluding carboxylic acids is 3. The SMILES string of the molecule is COC(=O)c1ccc(N2C(=O)C(=O)/C(=C(\O)c3ccc(Cl)c(OC)c3)C2c2ccco2)cc1. The third-order valence-corrected chi connectivity index (χ3v) is 5.56. The molecule has 1 fully saturated rings. The van der Waals surface area contributed by atoms with Crippen molar-refractivity contribution in [2.75, 3.05) is 19.1 Å². The number of esters is 1. The number of rotatable bonds is 5. The van der Waals surface area contributed by atoms with Gasteiger partial charge in [0.2, 0.25) is 0 Å². The number of amides is 1. The summed E-state index contributed by atoms with van der Waals surface area (Å²) in [6.07, 6.45) is 1.40. The number of benzene rings is 2. The van der Waals surface area contributed by atoms with E-state index in [1.165, 1.54) is 67.8 Å². The quantitative estimate of drug-likeness (QED) is 0.257. The lowest BCUT2D eigenvalue weighted by Gasteiger charge is -2.23. The maximum atomic E-state index is 13.1. The highest BCUT2D eigenvalue weighted by atomic mass is 35.5. The molecule has 1 aliphatic heterocycles. The molecular weight excluding hydrogens is 450 g/mol. The fourth-order valence-electron chi connectivity index (χ4n) is 3.65. The predicted octanol–water partition coefficient (Wildman–Crippen LogP) is 4.35. The molecule has 1 N–H and O–H groups in total. The van der Waals surface area contributed by atoms with Crippen LogP contribution in [0.4, 0.5) is 5.69 Å². The molecule has 0 aliphatic carbocycles. The van der Waals surface area contributed by atoms with Gasteiger partial charge in [-0.05, 0) is 54.6 Å². The number of ketones is 1. The van der Waals surface area contributed by atoms with Crippen molar-refractivity contribution >= 4 is 40.7 Å². The van der Waals surface area contributed by atoms with E-state index in [2.05, 4.69) is 0 Å². The number of nitrogens with zero attached hydrogens (tertiary/aromatic N) is 1. The van der Waals surface area contributed by atoms with E-state index in [0.717, 1.165) is 0 Å². The molecule has 0 spiro atoms. The fourth-order valence-corrected chi connectivity index (χ4v) is 3.85. The molecule has 2 aromatic carbocycles. The Morgan fingerprint density at radius 2 is 1.76 bits per heavy atom. The van der Waals surface area contributed by atoms with Gasteiger partial charge >= 0.3 is 5.97 Å². The minimum absolute atomic E-state index is 0.156. The van der Waals surface area contributed by atoms with E-state index in [0.29, 0.717) is 16.5 Å². The van der Waals surface area contributed by atoms with Gasteiger partial charge in [0.05, 0.1) is 36.6 Å². The molecule has 1 atom stereocenters. The number of methoxy groups -OCH3 is 2. The molecule has 1 unspecified atom stereocenters. The third kappa shape index (κ3) is 3.85. The number of ether oxygens (including phenoxy) is 2. The van der Waals surface area contributed by atoms with E-state index < -0.39 is 29.5 Å². The number of furan rings is 1. The number of anilines is 1. The molecule has 1 aliphatic rings. The van der Waals surface area contributed by atoms with E-state index in [1.807, 2.05) is 0 Å². The minimum Gasteiger partial charge on any atom is -0.507 e. The van der Waals surface area contributed by atoms with Crippen LogP contribution in [0.1, 0.15) is 27.7 Å². The summed E-state index contributed by atoms with van der Waals surface area (Å²) in [4.78, 5) is 39.1. The Labute approximate surface area is 193 Å². The Bertz CT molecular complexity index is 1260. The number of halogens is 1. The van der Waals surface area contributed by atoms with E-state index in [-0.39, 0.29) is 22.5 Å². The summed E-state index contributed by atoms with van der Waals surface area (Å²) in [5.74, 6) is -2.12. The normalized spacial score (nSPS) is 17.3. The van der Waals surface area contributed by atoms with Gasteiger partial charge in [0.1, 0.15) is 23.3 Å². The van der Waals surface area contributed by atoms with Gasteiger partial charge in [-0.25, -0.2) is 4.79 Å².